The van der Waals surface area contributed by atoms with Crippen LogP contribution in [0.15, 0.2) is 23.1 Å². The highest BCUT2D eigenvalue weighted by atomic mass is 32.2. The molecule has 1 aliphatic carbocycles. The average molecular weight is 300 g/mol. The molecule has 1 fully saturated rings. The molecule has 1 saturated carbocycles. The fourth-order valence-electron chi connectivity index (χ4n) is 2.47. The lowest BCUT2D eigenvalue weighted by Crippen LogP contribution is -2.39. The van der Waals surface area contributed by atoms with Crippen molar-refractivity contribution in [3.8, 4) is 6.07 Å². The minimum absolute atomic E-state index is 0.317. The first-order valence-corrected chi connectivity index (χ1v) is 7.74. The molecule has 0 radical (unpaired) electrons. The quantitative estimate of drug-likeness (QED) is 0.802. The first-order valence-electron chi connectivity index (χ1n) is 6.30. The molecule has 0 bridgehead atoms. The van der Waals surface area contributed by atoms with Gasteiger partial charge in [0.15, 0.2) is 0 Å². The Morgan fingerprint density at radius 2 is 1.95 bits per heavy atom. The van der Waals surface area contributed by atoms with E-state index in [1.807, 2.05) is 0 Å². The summed E-state index contributed by atoms with van der Waals surface area (Å²) in [5.74, 6) is -1.83. The van der Waals surface area contributed by atoms with Gasteiger partial charge < -0.3 is 0 Å². The highest BCUT2D eigenvalue weighted by Crippen LogP contribution is 2.29. The number of nitrogens with zero attached hydrogens (tertiary/aromatic N) is 2. The summed E-state index contributed by atoms with van der Waals surface area (Å²) in [6, 6.07) is 3.76. The number of rotatable bonds is 4. The van der Waals surface area contributed by atoms with Crippen LogP contribution < -0.4 is 0 Å². The predicted molar refractivity (Wildman–Crippen MR) is 68.1 cm³/mol. The largest absolute Gasteiger partial charge is 0.247 e. The Bertz CT molecular complexity index is 634. The molecule has 0 saturated heterocycles. The molecule has 0 N–H and O–H groups in total. The van der Waals surface area contributed by atoms with E-state index in [2.05, 4.69) is 0 Å². The molecule has 7 heteroatoms. The van der Waals surface area contributed by atoms with Crippen LogP contribution in [0.2, 0.25) is 0 Å². The molecule has 1 aromatic carbocycles. The van der Waals surface area contributed by atoms with Gasteiger partial charge in [-0.15, -0.1) is 0 Å². The summed E-state index contributed by atoms with van der Waals surface area (Å²) in [6.07, 6.45) is 3.01. The SMILES string of the molecule is N#CCN(C1CCCC1)S(=O)(=O)c1cc(F)ccc1F. The second-order valence-electron chi connectivity index (χ2n) is 4.72. The van der Waals surface area contributed by atoms with Crippen LogP contribution in [0.5, 0.6) is 0 Å². The van der Waals surface area contributed by atoms with Crippen LogP contribution in [0.1, 0.15) is 25.7 Å². The van der Waals surface area contributed by atoms with Crippen molar-refractivity contribution in [1.29, 1.82) is 5.26 Å². The molecule has 0 spiro atoms. The monoisotopic (exact) mass is 300 g/mol. The van der Waals surface area contributed by atoms with Gasteiger partial charge >= 0.3 is 0 Å². The van der Waals surface area contributed by atoms with Crippen LogP contribution in [-0.4, -0.2) is 25.3 Å². The predicted octanol–water partition coefficient (Wildman–Crippen LogP) is 2.42. The summed E-state index contributed by atoms with van der Waals surface area (Å²) in [6.45, 7) is -0.358. The standard InChI is InChI=1S/C13H14F2N2O2S/c14-10-5-6-12(15)13(9-10)20(18,19)17(8-7-16)11-3-1-2-4-11/h5-6,9,11H,1-4,8H2. The van der Waals surface area contributed by atoms with E-state index < -0.39 is 26.6 Å². The Hall–Kier alpha value is -1.52. The van der Waals surface area contributed by atoms with Gasteiger partial charge in [0.25, 0.3) is 0 Å². The van der Waals surface area contributed by atoms with E-state index in [0.717, 1.165) is 29.3 Å². The van der Waals surface area contributed by atoms with Crippen LogP contribution in [0, 0.1) is 23.0 Å². The maximum Gasteiger partial charge on any atom is 0.247 e. The molecule has 4 nitrogen and oxygen atoms in total. The smallest absolute Gasteiger partial charge is 0.207 e. The lowest BCUT2D eigenvalue weighted by molar-refractivity contribution is 0.348. The molecule has 0 amide bonds. The highest BCUT2D eigenvalue weighted by molar-refractivity contribution is 7.89. The van der Waals surface area contributed by atoms with Gasteiger partial charge in [0, 0.05) is 6.04 Å². The van der Waals surface area contributed by atoms with E-state index in [4.69, 9.17) is 5.26 Å². The number of sulfonamides is 1. The van der Waals surface area contributed by atoms with Gasteiger partial charge in [0.1, 0.15) is 23.1 Å². The molecule has 20 heavy (non-hydrogen) atoms. The summed E-state index contributed by atoms with van der Waals surface area (Å²) in [5, 5.41) is 8.81. The van der Waals surface area contributed by atoms with Gasteiger partial charge in [-0.1, -0.05) is 12.8 Å². The Morgan fingerprint density at radius 3 is 2.55 bits per heavy atom. The molecule has 1 aliphatic rings. The fourth-order valence-corrected chi connectivity index (χ4v) is 4.13. The molecule has 0 unspecified atom stereocenters. The van der Waals surface area contributed by atoms with E-state index in [1.54, 1.807) is 6.07 Å². The highest BCUT2D eigenvalue weighted by Gasteiger charge is 2.34. The molecule has 1 aromatic rings. The maximum absolute atomic E-state index is 13.7. The maximum atomic E-state index is 13.7. The summed E-state index contributed by atoms with van der Waals surface area (Å²) >= 11 is 0. The summed E-state index contributed by atoms with van der Waals surface area (Å²) in [5.41, 5.74) is 0. The van der Waals surface area contributed by atoms with Gasteiger partial charge in [-0.3, -0.25) is 0 Å². The Morgan fingerprint density at radius 1 is 1.30 bits per heavy atom. The molecule has 2 rings (SSSR count). The normalized spacial score (nSPS) is 16.5. The van der Waals surface area contributed by atoms with Crippen molar-refractivity contribution in [3.63, 3.8) is 0 Å². The molecule has 0 atom stereocenters. The van der Waals surface area contributed by atoms with Crippen molar-refractivity contribution < 1.29 is 17.2 Å². The fraction of sp³-hybridized carbons (Fsp3) is 0.462. The first kappa shape index (κ1) is 14.9. The molecule has 0 heterocycles. The van der Waals surface area contributed by atoms with Crippen LogP contribution in [0.3, 0.4) is 0 Å². The van der Waals surface area contributed by atoms with Crippen LogP contribution in [-0.2, 0) is 10.0 Å². The molecular weight excluding hydrogens is 286 g/mol. The number of nitriles is 1. The van der Waals surface area contributed by atoms with E-state index >= 15 is 0 Å². The van der Waals surface area contributed by atoms with Crippen molar-refractivity contribution in [2.24, 2.45) is 0 Å². The van der Waals surface area contributed by atoms with Gasteiger partial charge in [0.05, 0.1) is 6.07 Å². The topological polar surface area (TPSA) is 61.2 Å². The van der Waals surface area contributed by atoms with Crippen molar-refractivity contribution in [2.75, 3.05) is 6.54 Å². The van der Waals surface area contributed by atoms with Crippen LogP contribution >= 0.6 is 0 Å². The number of halogens is 2. The summed E-state index contributed by atoms with van der Waals surface area (Å²) in [7, 11) is -4.20. The molecule has 108 valence electrons. The van der Waals surface area contributed by atoms with Gasteiger partial charge in [0.2, 0.25) is 10.0 Å². The van der Waals surface area contributed by atoms with Crippen molar-refractivity contribution in [2.45, 2.75) is 36.6 Å². The Labute approximate surface area is 116 Å². The lowest BCUT2D eigenvalue weighted by Gasteiger charge is -2.25. The van der Waals surface area contributed by atoms with Gasteiger partial charge in [-0.05, 0) is 31.0 Å². The lowest BCUT2D eigenvalue weighted by atomic mass is 10.2. The van der Waals surface area contributed by atoms with Crippen LogP contribution in [0.4, 0.5) is 8.78 Å². The third-order valence-corrected chi connectivity index (χ3v) is 5.35. The second-order valence-corrected chi connectivity index (χ2v) is 6.58. The zero-order chi connectivity index (χ0) is 14.8. The van der Waals surface area contributed by atoms with Crippen LogP contribution in [0.25, 0.3) is 0 Å². The Balaban J connectivity index is 2.45. The van der Waals surface area contributed by atoms with E-state index in [0.29, 0.717) is 18.9 Å². The number of hydrogen-bond acceptors (Lipinski definition) is 3. The number of hydrogen-bond donors (Lipinski definition) is 0. The van der Waals surface area contributed by atoms with E-state index in [9.17, 15) is 17.2 Å². The minimum atomic E-state index is -4.20. The van der Waals surface area contributed by atoms with E-state index in [-0.39, 0.29) is 12.6 Å². The number of benzene rings is 1. The van der Waals surface area contributed by atoms with Crippen molar-refractivity contribution in [1.82, 2.24) is 4.31 Å². The summed E-state index contributed by atoms with van der Waals surface area (Å²) in [4.78, 5) is -0.709. The van der Waals surface area contributed by atoms with Gasteiger partial charge in [-0.2, -0.15) is 9.57 Å². The van der Waals surface area contributed by atoms with E-state index in [1.165, 1.54) is 0 Å². The van der Waals surface area contributed by atoms with Crippen molar-refractivity contribution in [3.05, 3.63) is 29.8 Å². The molecule has 0 aromatic heterocycles. The third-order valence-electron chi connectivity index (χ3n) is 3.44. The zero-order valence-corrected chi connectivity index (χ0v) is 11.5. The minimum Gasteiger partial charge on any atom is -0.207 e. The first-order chi connectivity index (χ1) is 9.46. The third kappa shape index (κ3) is 2.81. The molecule has 0 aliphatic heterocycles. The second kappa shape index (κ2) is 5.85. The van der Waals surface area contributed by atoms with Gasteiger partial charge in [-0.25, -0.2) is 17.2 Å². The summed E-state index contributed by atoms with van der Waals surface area (Å²) < 4.78 is 52.8. The zero-order valence-electron chi connectivity index (χ0n) is 10.7. The van der Waals surface area contributed by atoms with Crippen molar-refractivity contribution >= 4 is 10.0 Å². The Kier molecular flexibility index (Phi) is 4.35. The average Bonchev–Trinajstić information content (AvgIpc) is 2.92. The molecular formula is C13H14F2N2O2S.